The topological polar surface area (TPSA) is 56.1 Å². The fourth-order valence-electron chi connectivity index (χ4n) is 4.03. The molecule has 0 saturated heterocycles. The number of hydrogen-bond acceptors (Lipinski definition) is 3. The van der Waals surface area contributed by atoms with Crippen LogP contribution in [0.2, 0.25) is 0 Å². The summed E-state index contributed by atoms with van der Waals surface area (Å²) in [5.41, 5.74) is 6.46. The van der Waals surface area contributed by atoms with E-state index in [1.807, 2.05) is 38.1 Å². The summed E-state index contributed by atoms with van der Waals surface area (Å²) < 4.78 is 0. The molecule has 0 bridgehead atoms. The van der Waals surface area contributed by atoms with Crippen molar-refractivity contribution in [2.75, 3.05) is 17.3 Å². The van der Waals surface area contributed by atoms with Gasteiger partial charge in [0.1, 0.15) is 11.6 Å². The average Bonchev–Trinajstić information content (AvgIpc) is 2.66. The number of carbonyl (C=O) groups excluding carboxylic acids is 1. The van der Waals surface area contributed by atoms with Gasteiger partial charge in [-0.15, -0.1) is 0 Å². The molecule has 0 saturated carbocycles. The number of nitrogens with one attached hydrogen (secondary N) is 1. The van der Waals surface area contributed by atoms with Gasteiger partial charge in [0.15, 0.2) is 0 Å². The van der Waals surface area contributed by atoms with Crippen LogP contribution in [0.15, 0.2) is 42.0 Å². The van der Waals surface area contributed by atoms with Gasteiger partial charge >= 0.3 is 0 Å². The van der Waals surface area contributed by atoms with Crippen LogP contribution in [0.4, 0.5) is 11.4 Å². The predicted octanol–water partition coefficient (Wildman–Crippen LogP) is 5.57. The second kappa shape index (κ2) is 7.75. The number of fused-ring (bicyclic) bond motifs is 1. The van der Waals surface area contributed by atoms with Crippen molar-refractivity contribution in [1.82, 2.24) is 0 Å². The number of hydrogen-bond donors (Lipinski definition) is 1. The highest BCUT2D eigenvalue weighted by atomic mass is 16.1. The molecule has 0 fully saturated rings. The van der Waals surface area contributed by atoms with Gasteiger partial charge in [0, 0.05) is 24.0 Å². The zero-order chi connectivity index (χ0) is 21.3. The maximum Gasteiger partial charge on any atom is 0.266 e. The van der Waals surface area contributed by atoms with E-state index in [0.29, 0.717) is 11.6 Å². The summed E-state index contributed by atoms with van der Waals surface area (Å²) in [7, 11) is 2.13. The van der Waals surface area contributed by atoms with Crippen molar-refractivity contribution in [1.29, 1.82) is 5.26 Å². The molecule has 1 heterocycles. The Kier molecular flexibility index (Phi) is 5.53. The van der Waals surface area contributed by atoms with E-state index in [4.69, 9.17) is 0 Å². The summed E-state index contributed by atoms with van der Waals surface area (Å²) in [5.74, 6) is 0.0237. The van der Waals surface area contributed by atoms with Gasteiger partial charge in [0.25, 0.3) is 5.91 Å². The SMILES string of the molecule is Cc1ccc(NC(=O)/C(C#N)=C\c2cc3c(cc2C)N(C)C(C)(C)C[C@H]3C)cc1. The summed E-state index contributed by atoms with van der Waals surface area (Å²) in [4.78, 5) is 15.0. The second-order valence-corrected chi connectivity index (χ2v) is 8.73. The lowest BCUT2D eigenvalue weighted by molar-refractivity contribution is -0.112. The maximum atomic E-state index is 12.6. The number of nitriles is 1. The minimum Gasteiger partial charge on any atom is -0.369 e. The van der Waals surface area contributed by atoms with Crippen LogP contribution in [-0.2, 0) is 4.79 Å². The van der Waals surface area contributed by atoms with E-state index in [2.05, 4.69) is 56.2 Å². The van der Waals surface area contributed by atoms with E-state index in [0.717, 1.165) is 23.1 Å². The van der Waals surface area contributed by atoms with Gasteiger partial charge in [-0.3, -0.25) is 4.79 Å². The average molecular weight is 388 g/mol. The van der Waals surface area contributed by atoms with Crippen LogP contribution in [-0.4, -0.2) is 18.5 Å². The van der Waals surface area contributed by atoms with Crippen LogP contribution in [0.1, 0.15) is 55.4 Å². The molecule has 150 valence electrons. The molecule has 1 aliphatic rings. The van der Waals surface area contributed by atoms with Crippen LogP contribution in [0.3, 0.4) is 0 Å². The van der Waals surface area contributed by atoms with Crippen molar-refractivity contribution in [3.05, 3.63) is 64.2 Å². The Morgan fingerprint density at radius 2 is 1.90 bits per heavy atom. The van der Waals surface area contributed by atoms with Gasteiger partial charge in [-0.2, -0.15) is 5.26 Å². The summed E-state index contributed by atoms with van der Waals surface area (Å²) >= 11 is 0. The van der Waals surface area contributed by atoms with E-state index in [1.165, 1.54) is 11.3 Å². The fourth-order valence-corrected chi connectivity index (χ4v) is 4.03. The number of carbonyl (C=O) groups is 1. The molecule has 3 rings (SSSR count). The third-order valence-corrected chi connectivity index (χ3v) is 6.00. The van der Waals surface area contributed by atoms with E-state index >= 15 is 0 Å². The third-order valence-electron chi connectivity index (χ3n) is 6.00. The van der Waals surface area contributed by atoms with E-state index < -0.39 is 0 Å². The number of rotatable bonds is 3. The first-order valence-corrected chi connectivity index (χ1v) is 10.0. The molecule has 29 heavy (non-hydrogen) atoms. The number of nitrogens with zero attached hydrogens (tertiary/aromatic N) is 2. The Balaban J connectivity index is 1.94. The number of amides is 1. The van der Waals surface area contributed by atoms with Crippen LogP contribution in [0, 0.1) is 25.2 Å². The number of aryl methyl sites for hydroxylation is 2. The Labute approximate surface area is 173 Å². The van der Waals surface area contributed by atoms with Crippen molar-refractivity contribution in [2.24, 2.45) is 0 Å². The first kappa shape index (κ1) is 20.7. The van der Waals surface area contributed by atoms with E-state index in [9.17, 15) is 10.1 Å². The molecule has 1 aliphatic heterocycles. The first-order valence-electron chi connectivity index (χ1n) is 10.0. The van der Waals surface area contributed by atoms with Gasteiger partial charge in [-0.25, -0.2) is 0 Å². The standard InChI is InChI=1S/C25H29N3O/c1-16-7-9-21(10-8-16)27-24(29)20(15-26)12-19-13-22-18(3)14-25(4,5)28(6)23(22)11-17(19)2/h7-13,18H,14H2,1-6H3,(H,27,29)/b20-12-/t18-/m1/s1. The molecule has 0 radical (unpaired) electrons. The van der Waals surface area contributed by atoms with Crippen LogP contribution in [0.25, 0.3) is 6.08 Å². The Morgan fingerprint density at radius 3 is 2.52 bits per heavy atom. The summed E-state index contributed by atoms with van der Waals surface area (Å²) in [6.07, 6.45) is 2.76. The van der Waals surface area contributed by atoms with Gasteiger partial charge in [0.05, 0.1) is 0 Å². The van der Waals surface area contributed by atoms with Crippen LogP contribution >= 0.6 is 0 Å². The summed E-state index contributed by atoms with van der Waals surface area (Å²) in [5, 5.41) is 12.4. The normalized spacial score (nSPS) is 18.0. The smallest absolute Gasteiger partial charge is 0.266 e. The highest BCUT2D eigenvalue weighted by Crippen LogP contribution is 2.43. The van der Waals surface area contributed by atoms with Crippen molar-refractivity contribution < 1.29 is 4.79 Å². The molecule has 4 heteroatoms. The minimum absolute atomic E-state index is 0.0992. The fraction of sp³-hybridized carbons (Fsp3) is 0.360. The quantitative estimate of drug-likeness (QED) is 0.553. The Morgan fingerprint density at radius 1 is 1.24 bits per heavy atom. The lowest BCUT2D eigenvalue weighted by Crippen LogP contribution is -2.45. The zero-order valence-electron chi connectivity index (χ0n) is 18.1. The molecule has 4 nitrogen and oxygen atoms in total. The Bertz CT molecular complexity index is 1010. The van der Waals surface area contributed by atoms with Crippen LogP contribution in [0.5, 0.6) is 0 Å². The lowest BCUT2D eigenvalue weighted by Gasteiger charge is -2.45. The van der Waals surface area contributed by atoms with Gasteiger partial charge in [0.2, 0.25) is 0 Å². The molecule has 0 aromatic heterocycles. The van der Waals surface area contributed by atoms with Gasteiger partial charge in [-0.1, -0.05) is 24.6 Å². The molecule has 2 aromatic rings. The van der Waals surface area contributed by atoms with Gasteiger partial charge in [-0.05, 0) is 87.1 Å². The van der Waals surface area contributed by atoms with Gasteiger partial charge < -0.3 is 10.2 Å². The highest BCUT2D eigenvalue weighted by molar-refractivity contribution is 6.09. The lowest BCUT2D eigenvalue weighted by atomic mass is 9.79. The molecule has 1 atom stereocenters. The van der Waals surface area contributed by atoms with E-state index in [1.54, 1.807) is 6.08 Å². The maximum absolute atomic E-state index is 12.6. The summed E-state index contributed by atoms with van der Waals surface area (Å²) in [6.45, 7) is 10.8. The van der Waals surface area contributed by atoms with Crippen molar-refractivity contribution in [3.8, 4) is 6.07 Å². The zero-order valence-corrected chi connectivity index (χ0v) is 18.1. The van der Waals surface area contributed by atoms with Crippen LogP contribution < -0.4 is 10.2 Å². The molecule has 1 N–H and O–H groups in total. The minimum atomic E-state index is -0.389. The van der Waals surface area contributed by atoms with Crippen molar-refractivity contribution in [2.45, 2.75) is 52.5 Å². The molecular formula is C25H29N3O. The Hall–Kier alpha value is -3.06. The highest BCUT2D eigenvalue weighted by Gasteiger charge is 2.34. The van der Waals surface area contributed by atoms with Crippen molar-refractivity contribution >= 4 is 23.4 Å². The number of benzene rings is 2. The monoisotopic (exact) mass is 387 g/mol. The van der Waals surface area contributed by atoms with Crippen molar-refractivity contribution in [3.63, 3.8) is 0 Å². The largest absolute Gasteiger partial charge is 0.369 e. The molecular weight excluding hydrogens is 358 g/mol. The third kappa shape index (κ3) is 4.19. The molecule has 2 aromatic carbocycles. The summed E-state index contributed by atoms with van der Waals surface area (Å²) in [6, 6.07) is 13.9. The molecule has 0 unspecified atom stereocenters. The molecule has 1 amide bonds. The predicted molar refractivity (Wildman–Crippen MR) is 120 cm³/mol. The number of anilines is 2. The molecule has 0 spiro atoms. The first-order chi connectivity index (χ1) is 13.6. The second-order valence-electron chi connectivity index (χ2n) is 8.73. The van der Waals surface area contributed by atoms with E-state index in [-0.39, 0.29) is 17.0 Å². The molecule has 0 aliphatic carbocycles.